The van der Waals surface area contributed by atoms with Crippen molar-refractivity contribution < 1.29 is 8.78 Å². The van der Waals surface area contributed by atoms with Crippen LogP contribution in [0.4, 0.5) is 8.78 Å². The van der Waals surface area contributed by atoms with Crippen LogP contribution in [-0.2, 0) is 0 Å². The smallest absolute Gasteiger partial charge is 0.112 e. The zero-order valence-corrected chi connectivity index (χ0v) is 6.15. The van der Waals surface area contributed by atoms with Gasteiger partial charge >= 0.3 is 0 Å². The maximum absolute atomic E-state index is 11.8. The molecule has 0 radical (unpaired) electrons. The quantitative estimate of drug-likeness (QED) is 0.493. The van der Waals surface area contributed by atoms with Gasteiger partial charge in [0.15, 0.2) is 0 Å². The highest BCUT2D eigenvalue weighted by molar-refractivity contribution is 14.1. The molecule has 0 saturated heterocycles. The molecular weight excluding hydrogens is 213 g/mol. The fraction of sp³-hybridized carbons (Fsp3) is 1.00. The molecule has 0 aromatic rings. The molecule has 2 unspecified atom stereocenters. The van der Waals surface area contributed by atoms with Crippen LogP contribution in [0, 0.1) is 0 Å². The number of halogens is 3. The van der Waals surface area contributed by atoms with Gasteiger partial charge in [0.2, 0.25) is 0 Å². The Morgan fingerprint density at radius 3 is 2.14 bits per heavy atom. The van der Waals surface area contributed by atoms with Gasteiger partial charge in [0.25, 0.3) is 0 Å². The van der Waals surface area contributed by atoms with Crippen molar-refractivity contribution >= 4 is 22.6 Å². The average Bonchev–Trinajstić information content (AvgIpc) is 1.65. The molecule has 0 fully saturated rings. The van der Waals surface area contributed by atoms with E-state index in [0.29, 0.717) is 0 Å². The minimum absolute atomic E-state index is 0.461. The Balaban J connectivity index is 3.14. The predicted molar refractivity (Wildman–Crippen MR) is 34.4 cm³/mol. The predicted octanol–water partition coefficient (Wildman–Crippen LogP) is 2.12. The first-order valence-electron chi connectivity index (χ1n) is 2.02. The number of hydrogen-bond acceptors (Lipinski definition) is 0. The van der Waals surface area contributed by atoms with Crippen LogP contribution in [0.2, 0.25) is 0 Å². The Bertz CT molecular complexity index is 47.0. The van der Waals surface area contributed by atoms with E-state index in [1.54, 1.807) is 22.6 Å². The number of alkyl halides is 3. The van der Waals surface area contributed by atoms with Crippen LogP contribution >= 0.6 is 22.6 Å². The highest BCUT2D eigenvalue weighted by Crippen LogP contribution is 2.08. The molecule has 0 aromatic heterocycles. The normalized spacial score (nSPS) is 18.9. The first-order valence-corrected chi connectivity index (χ1v) is 3.27. The Hall–Kier alpha value is 0.590. The lowest BCUT2D eigenvalue weighted by Gasteiger charge is -2.02. The molecule has 44 valence electrons. The second-order valence-electron chi connectivity index (χ2n) is 1.35. The summed E-state index contributed by atoms with van der Waals surface area (Å²) < 4.78 is 22.8. The lowest BCUT2D eigenvalue weighted by Crippen LogP contribution is -2.12. The standard InChI is InChI=1S/C4H7F2I/c1-3(6)4(7)2-5/h3-4H,2H2,1H3. The van der Waals surface area contributed by atoms with E-state index in [9.17, 15) is 8.78 Å². The maximum atomic E-state index is 11.8. The molecule has 0 N–H and O–H groups in total. The van der Waals surface area contributed by atoms with Gasteiger partial charge in [-0.25, -0.2) is 8.78 Å². The van der Waals surface area contributed by atoms with Gasteiger partial charge in [-0.15, -0.1) is 0 Å². The van der Waals surface area contributed by atoms with Crippen LogP contribution in [-0.4, -0.2) is 16.8 Å². The van der Waals surface area contributed by atoms with Crippen molar-refractivity contribution in [3.8, 4) is 0 Å². The van der Waals surface area contributed by atoms with Crippen LogP contribution in [0.15, 0.2) is 0 Å². The molecule has 3 heteroatoms. The molecule has 0 spiro atoms. The van der Waals surface area contributed by atoms with Crippen molar-refractivity contribution in [3.05, 3.63) is 0 Å². The first kappa shape index (κ1) is 7.59. The van der Waals surface area contributed by atoms with Crippen molar-refractivity contribution in [2.75, 3.05) is 6.67 Å². The largest absolute Gasteiger partial charge is 0.250 e. The molecule has 0 heterocycles. The Labute approximate surface area is 55.4 Å². The van der Waals surface area contributed by atoms with E-state index in [4.69, 9.17) is 0 Å². The molecule has 0 amide bonds. The third-order valence-electron chi connectivity index (χ3n) is 0.646. The van der Waals surface area contributed by atoms with Crippen molar-refractivity contribution in [3.63, 3.8) is 0 Å². The lowest BCUT2D eigenvalue weighted by atomic mass is 10.3. The van der Waals surface area contributed by atoms with Crippen molar-refractivity contribution in [2.45, 2.75) is 17.0 Å². The topological polar surface area (TPSA) is 0 Å². The van der Waals surface area contributed by atoms with Crippen LogP contribution < -0.4 is 0 Å². The molecule has 0 rings (SSSR count). The van der Waals surface area contributed by atoms with Crippen molar-refractivity contribution in [1.82, 2.24) is 0 Å². The summed E-state index contributed by atoms with van der Waals surface area (Å²) in [5, 5.41) is 0. The Morgan fingerprint density at radius 1 is 1.71 bits per heavy atom. The minimum atomic E-state index is -1.02. The summed E-state index contributed by atoms with van der Waals surface area (Å²) in [6.45, 7) is 0.787. The molecule has 0 aliphatic carbocycles. The fourth-order valence-corrected chi connectivity index (χ4v) is 0.123. The SMILES string of the molecule is CC(F)C(I)CF. The number of hydrogen-bond donors (Lipinski definition) is 0. The summed E-state index contributed by atoms with van der Waals surface area (Å²) in [5.41, 5.74) is 0. The highest BCUT2D eigenvalue weighted by Gasteiger charge is 2.10. The van der Waals surface area contributed by atoms with Crippen molar-refractivity contribution in [2.24, 2.45) is 0 Å². The van der Waals surface area contributed by atoms with Gasteiger partial charge in [-0.2, -0.15) is 0 Å². The van der Waals surface area contributed by atoms with E-state index < -0.39 is 16.8 Å². The summed E-state index contributed by atoms with van der Waals surface area (Å²) in [7, 11) is 0. The fourth-order valence-electron chi connectivity index (χ4n) is 0.123. The van der Waals surface area contributed by atoms with E-state index >= 15 is 0 Å². The second kappa shape index (κ2) is 3.57. The molecule has 0 bridgehead atoms. The van der Waals surface area contributed by atoms with Gasteiger partial charge in [0.1, 0.15) is 12.8 Å². The summed E-state index contributed by atoms with van der Waals surface area (Å²) in [5.74, 6) is 0. The minimum Gasteiger partial charge on any atom is -0.250 e. The highest BCUT2D eigenvalue weighted by atomic mass is 127. The van der Waals surface area contributed by atoms with Gasteiger partial charge in [0.05, 0.1) is 3.92 Å². The summed E-state index contributed by atoms with van der Waals surface area (Å²) in [6.07, 6.45) is -1.02. The second-order valence-corrected chi connectivity index (χ2v) is 2.95. The third kappa shape index (κ3) is 3.20. The first-order chi connectivity index (χ1) is 3.18. The van der Waals surface area contributed by atoms with Gasteiger partial charge in [-0.3, -0.25) is 0 Å². The van der Waals surface area contributed by atoms with Crippen LogP contribution in [0.1, 0.15) is 6.92 Å². The molecule has 2 atom stereocenters. The Kier molecular flexibility index (Phi) is 3.88. The van der Waals surface area contributed by atoms with Crippen LogP contribution in [0.25, 0.3) is 0 Å². The van der Waals surface area contributed by atoms with Gasteiger partial charge in [-0.05, 0) is 6.92 Å². The van der Waals surface area contributed by atoms with E-state index in [2.05, 4.69) is 0 Å². The van der Waals surface area contributed by atoms with Gasteiger partial charge in [-0.1, -0.05) is 22.6 Å². The molecule has 0 saturated carbocycles. The molecule has 0 aliphatic heterocycles. The third-order valence-corrected chi connectivity index (χ3v) is 1.97. The van der Waals surface area contributed by atoms with Gasteiger partial charge in [0, 0.05) is 0 Å². The lowest BCUT2D eigenvalue weighted by molar-refractivity contribution is 0.323. The van der Waals surface area contributed by atoms with Crippen LogP contribution in [0.3, 0.4) is 0 Å². The summed E-state index contributed by atoms with van der Waals surface area (Å²) >= 11 is 1.75. The average molecular weight is 220 g/mol. The zero-order chi connectivity index (χ0) is 5.86. The number of rotatable bonds is 2. The molecule has 0 aromatic carbocycles. The van der Waals surface area contributed by atoms with E-state index in [1.807, 2.05) is 0 Å². The maximum Gasteiger partial charge on any atom is 0.112 e. The molecular formula is C4H7F2I. The molecule has 0 aliphatic rings. The molecule has 7 heavy (non-hydrogen) atoms. The van der Waals surface area contributed by atoms with Gasteiger partial charge < -0.3 is 0 Å². The monoisotopic (exact) mass is 220 g/mol. The summed E-state index contributed by atoms with van der Waals surface area (Å²) in [4.78, 5) is 0. The van der Waals surface area contributed by atoms with Crippen LogP contribution in [0.5, 0.6) is 0 Å². The van der Waals surface area contributed by atoms with E-state index in [1.165, 1.54) is 6.92 Å². The zero-order valence-electron chi connectivity index (χ0n) is 4.00. The molecule has 0 nitrogen and oxygen atoms in total. The van der Waals surface area contributed by atoms with E-state index in [0.717, 1.165) is 0 Å². The van der Waals surface area contributed by atoms with E-state index in [-0.39, 0.29) is 0 Å². The Morgan fingerprint density at radius 2 is 2.14 bits per heavy atom. The summed E-state index contributed by atoms with van der Waals surface area (Å²) in [6, 6.07) is 0. The van der Waals surface area contributed by atoms with Crippen molar-refractivity contribution in [1.29, 1.82) is 0 Å².